The predicted octanol–water partition coefficient (Wildman–Crippen LogP) is 1.70. The minimum atomic E-state index is 0.142. The summed E-state index contributed by atoms with van der Waals surface area (Å²) in [6.07, 6.45) is 9.06. The highest BCUT2D eigenvalue weighted by Gasteiger charge is 2.26. The van der Waals surface area contributed by atoms with Crippen molar-refractivity contribution < 1.29 is 4.79 Å². The van der Waals surface area contributed by atoms with E-state index in [0.29, 0.717) is 16.8 Å². The van der Waals surface area contributed by atoms with Crippen molar-refractivity contribution in [2.45, 2.75) is 23.9 Å². The van der Waals surface area contributed by atoms with E-state index in [1.165, 1.54) is 11.8 Å². The van der Waals surface area contributed by atoms with E-state index in [-0.39, 0.29) is 5.91 Å². The van der Waals surface area contributed by atoms with Crippen LogP contribution in [0.25, 0.3) is 0 Å². The van der Waals surface area contributed by atoms with Gasteiger partial charge in [0.25, 0.3) is 0 Å². The second-order valence-corrected chi connectivity index (χ2v) is 5.92. The molecule has 0 aliphatic carbocycles. The quantitative estimate of drug-likeness (QED) is 0.687. The molecule has 1 saturated heterocycles. The number of aromatic nitrogens is 4. The largest absolute Gasteiger partial charge is 0.348 e. The van der Waals surface area contributed by atoms with E-state index >= 15 is 0 Å². The summed E-state index contributed by atoms with van der Waals surface area (Å²) in [4.78, 5) is 29.9. The van der Waals surface area contributed by atoms with Crippen molar-refractivity contribution in [1.29, 1.82) is 0 Å². The molecule has 1 aliphatic rings. The Labute approximate surface area is 127 Å². The van der Waals surface area contributed by atoms with Crippen LogP contribution >= 0.6 is 11.8 Å². The van der Waals surface area contributed by atoms with Crippen molar-refractivity contribution in [3.05, 3.63) is 36.7 Å². The lowest BCUT2D eigenvalue weighted by Crippen LogP contribution is -2.40. The fraction of sp³-hybridized carbons (Fsp3) is 0.429. The molecule has 1 aliphatic heterocycles. The van der Waals surface area contributed by atoms with Gasteiger partial charge >= 0.3 is 0 Å². The molecule has 1 unspecified atom stereocenters. The van der Waals surface area contributed by atoms with Crippen LogP contribution in [0.4, 0.5) is 0 Å². The van der Waals surface area contributed by atoms with Gasteiger partial charge in [-0.1, -0.05) is 11.8 Å². The smallest absolute Gasteiger partial charge is 0.233 e. The predicted molar refractivity (Wildman–Crippen MR) is 79.9 cm³/mol. The Morgan fingerprint density at radius 3 is 2.95 bits per heavy atom. The molecular weight excluding hydrogens is 286 g/mol. The molecule has 1 N–H and O–H groups in total. The number of carbonyl (C=O) groups excluding carboxylic acids is 1. The number of piperidine rings is 1. The Kier molecular flexibility index (Phi) is 4.49. The minimum absolute atomic E-state index is 0.142. The molecule has 0 aromatic carbocycles. The summed E-state index contributed by atoms with van der Waals surface area (Å²) in [7, 11) is 0. The molecular formula is C14H17N5OS. The van der Waals surface area contributed by atoms with Crippen molar-refractivity contribution in [2.24, 2.45) is 0 Å². The number of nitrogens with zero attached hydrogens (tertiary/aromatic N) is 4. The van der Waals surface area contributed by atoms with E-state index in [4.69, 9.17) is 0 Å². The molecule has 0 radical (unpaired) electrons. The number of imidazole rings is 1. The first-order valence-corrected chi connectivity index (χ1v) is 7.98. The monoisotopic (exact) mass is 303 g/mol. The number of hydrogen-bond donors (Lipinski definition) is 1. The number of amides is 1. The second-order valence-electron chi connectivity index (χ2n) is 4.97. The summed E-state index contributed by atoms with van der Waals surface area (Å²) in [6.45, 7) is 1.56. The highest BCUT2D eigenvalue weighted by Crippen LogP contribution is 2.25. The maximum absolute atomic E-state index is 12.3. The van der Waals surface area contributed by atoms with Crippen molar-refractivity contribution in [1.82, 2.24) is 24.8 Å². The first-order chi connectivity index (χ1) is 10.3. The fourth-order valence-electron chi connectivity index (χ4n) is 2.51. The van der Waals surface area contributed by atoms with E-state index in [9.17, 15) is 4.79 Å². The number of likely N-dealkylation sites (tertiary alicyclic amines) is 1. The van der Waals surface area contributed by atoms with Crippen LogP contribution in [0.1, 0.15) is 24.6 Å². The maximum Gasteiger partial charge on any atom is 0.233 e. The number of carbonyl (C=O) groups is 1. The van der Waals surface area contributed by atoms with Crippen LogP contribution in [0.5, 0.6) is 0 Å². The topological polar surface area (TPSA) is 74.8 Å². The highest BCUT2D eigenvalue weighted by atomic mass is 32.2. The minimum Gasteiger partial charge on any atom is -0.348 e. The average Bonchev–Trinajstić information content (AvgIpc) is 3.08. The van der Waals surface area contributed by atoms with Crippen molar-refractivity contribution in [2.75, 3.05) is 18.8 Å². The zero-order valence-corrected chi connectivity index (χ0v) is 12.4. The molecule has 1 atom stereocenters. The average molecular weight is 303 g/mol. The van der Waals surface area contributed by atoms with Crippen LogP contribution in [-0.2, 0) is 4.79 Å². The van der Waals surface area contributed by atoms with E-state index in [1.807, 2.05) is 11.1 Å². The molecule has 1 amide bonds. The number of hydrogen-bond acceptors (Lipinski definition) is 5. The molecule has 7 heteroatoms. The van der Waals surface area contributed by atoms with Gasteiger partial charge in [-0.3, -0.25) is 4.79 Å². The molecule has 3 heterocycles. The third-order valence-corrected chi connectivity index (χ3v) is 4.41. The van der Waals surface area contributed by atoms with Gasteiger partial charge in [0.2, 0.25) is 5.91 Å². The van der Waals surface area contributed by atoms with Gasteiger partial charge in [0, 0.05) is 43.8 Å². The van der Waals surface area contributed by atoms with Crippen LogP contribution in [0.15, 0.2) is 36.0 Å². The second kappa shape index (κ2) is 6.71. The highest BCUT2D eigenvalue weighted by molar-refractivity contribution is 7.99. The molecule has 3 rings (SSSR count). The molecule has 0 spiro atoms. The Balaban J connectivity index is 1.55. The van der Waals surface area contributed by atoms with Crippen LogP contribution in [-0.4, -0.2) is 49.6 Å². The lowest BCUT2D eigenvalue weighted by molar-refractivity contribution is -0.129. The Morgan fingerprint density at radius 1 is 1.33 bits per heavy atom. The molecule has 0 bridgehead atoms. The first-order valence-electron chi connectivity index (χ1n) is 7.00. The molecule has 6 nitrogen and oxygen atoms in total. The van der Waals surface area contributed by atoms with Gasteiger partial charge in [0.15, 0.2) is 5.16 Å². The SMILES string of the molecule is O=C(CSc1ncccn1)N1CCCC(c2ncc[nH]2)C1. The summed E-state index contributed by atoms with van der Waals surface area (Å²) in [5.41, 5.74) is 0. The lowest BCUT2D eigenvalue weighted by Gasteiger charge is -2.31. The molecule has 2 aromatic rings. The molecule has 0 saturated carbocycles. The van der Waals surface area contributed by atoms with Gasteiger partial charge in [0.05, 0.1) is 5.75 Å². The van der Waals surface area contributed by atoms with Crippen molar-refractivity contribution >= 4 is 17.7 Å². The number of thioether (sulfide) groups is 1. The van der Waals surface area contributed by atoms with Gasteiger partial charge in [-0.25, -0.2) is 15.0 Å². The number of nitrogens with one attached hydrogen (secondary N) is 1. The molecule has 110 valence electrons. The first kappa shape index (κ1) is 14.1. The van der Waals surface area contributed by atoms with Crippen molar-refractivity contribution in [3.8, 4) is 0 Å². The normalized spacial score (nSPS) is 18.7. The maximum atomic E-state index is 12.3. The Hall–Kier alpha value is -1.89. The molecule has 2 aromatic heterocycles. The Bertz CT molecular complexity index is 574. The van der Waals surface area contributed by atoms with Gasteiger partial charge < -0.3 is 9.88 Å². The van der Waals surface area contributed by atoms with Crippen LogP contribution < -0.4 is 0 Å². The lowest BCUT2D eigenvalue weighted by atomic mass is 9.97. The Morgan fingerprint density at radius 2 is 2.19 bits per heavy atom. The van der Waals surface area contributed by atoms with Crippen molar-refractivity contribution in [3.63, 3.8) is 0 Å². The molecule has 1 fully saturated rings. The van der Waals surface area contributed by atoms with Crippen LogP contribution in [0.3, 0.4) is 0 Å². The van der Waals surface area contributed by atoms with E-state index in [0.717, 1.165) is 31.8 Å². The summed E-state index contributed by atoms with van der Waals surface area (Å²) >= 11 is 1.38. The van der Waals surface area contributed by atoms with Gasteiger partial charge in [-0.15, -0.1) is 0 Å². The third-order valence-electron chi connectivity index (χ3n) is 3.55. The number of aromatic amines is 1. The zero-order chi connectivity index (χ0) is 14.5. The summed E-state index contributed by atoms with van der Waals surface area (Å²) in [5.74, 6) is 1.82. The fourth-order valence-corrected chi connectivity index (χ4v) is 3.21. The standard InChI is InChI=1S/C14H17N5OS/c20-12(10-21-14-17-4-2-5-18-14)19-8-1-3-11(9-19)13-15-6-7-16-13/h2,4-7,11H,1,3,8-10H2,(H,15,16). The van der Waals surface area contributed by atoms with Gasteiger partial charge in [0.1, 0.15) is 5.82 Å². The molecule has 21 heavy (non-hydrogen) atoms. The van der Waals surface area contributed by atoms with Gasteiger partial charge in [-0.05, 0) is 18.9 Å². The van der Waals surface area contributed by atoms with E-state index < -0.39 is 0 Å². The van der Waals surface area contributed by atoms with Crippen LogP contribution in [0.2, 0.25) is 0 Å². The summed E-state index contributed by atoms with van der Waals surface area (Å²) in [6, 6.07) is 1.77. The van der Waals surface area contributed by atoms with Crippen LogP contribution in [0, 0.1) is 0 Å². The zero-order valence-electron chi connectivity index (χ0n) is 11.6. The summed E-state index contributed by atoms with van der Waals surface area (Å²) in [5, 5.41) is 0.644. The number of rotatable bonds is 4. The third kappa shape index (κ3) is 3.60. The van der Waals surface area contributed by atoms with E-state index in [1.54, 1.807) is 24.7 Å². The van der Waals surface area contributed by atoms with Gasteiger partial charge in [-0.2, -0.15) is 0 Å². The summed E-state index contributed by atoms with van der Waals surface area (Å²) < 4.78 is 0. The van der Waals surface area contributed by atoms with E-state index in [2.05, 4.69) is 19.9 Å². The number of H-pyrrole nitrogens is 1.